The zero-order valence-electron chi connectivity index (χ0n) is 28.5. The van der Waals surface area contributed by atoms with Crippen molar-refractivity contribution in [2.45, 2.75) is 64.0 Å². The third-order valence-corrected chi connectivity index (χ3v) is 11.2. The molecule has 48 heavy (non-hydrogen) atoms. The lowest BCUT2D eigenvalue weighted by atomic mass is 9.91. The first-order valence-corrected chi connectivity index (χ1v) is 17.9. The van der Waals surface area contributed by atoms with Gasteiger partial charge in [0.25, 0.3) is 0 Å². The second-order valence-electron chi connectivity index (χ2n) is 14.2. The van der Waals surface area contributed by atoms with Gasteiger partial charge in [0.05, 0.1) is 17.6 Å². The van der Waals surface area contributed by atoms with Gasteiger partial charge >= 0.3 is 6.03 Å². The lowest BCUT2D eigenvalue weighted by Crippen LogP contribution is -2.55. The molecule has 11 heteroatoms. The summed E-state index contributed by atoms with van der Waals surface area (Å²) in [5.41, 5.74) is 5.33. The lowest BCUT2D eigenvalue weighted by Gasteiger charge is -2.42. The molecule has 11 nitrogen and oxygen atoms in total. The normalized spacial score (nSPS) is 20.8. The number of hydrogen-bond acceptors (Lipinski definition) is 6. The number of nitrogens with one attached hydrogen (secondary N) is 2. The highest BCUT2D eigenvalue weighted by Gasteiger charge is 2.35. The average Bonchev–Trinajstić information content (AvgIpc) is 3.40. The fraction of sp³-hybridized carbons (Fsp3) is 0.568. The Bertz CT molecular complexity index is 1630. The molecule has 1 unspecified atom stereocenters. The van der Waals surface area contributed by atoms with Crippen LogP contribution < -0.4 is 10.6 Å². The van der Waals surface area contributed by atoms with Gasteiger partial charge in [-0.3, -0.25) is 19.2 Å². The Morgan fingerprint density at radius 3 is 2.44 bits per heavy atom. The van der Waals surface area contributed by atoms with E-state index < -0.39 is 5.92 Å². The zero-order valence-corrected chi connectivity index (χ0v) is 28.5. The van der Waals surface area contributed by atoms with Gasteiger partial charge in [-0.15, -0.1) is 0 Å². The van der Waals surface area contributed by atoms with Gasteiger partial charge in [-0.25, -0.2) is 4.79 Å². The summed E-state index contributed by atoms with van der Waals surface area (Å²) in [6.45, 7) is 9.26. The van der Waals surface area contributed by atoms with Crippen molar-refractivity contribution in [2.24, 2.45) is 13.0 Å². The van der Waals surface area contributed by atoms with E-state index in [1.165, 1.54) is 0 Å². The number of amides is 4. The molecule has 0 spiro atoms. The van der Waals surface area contributed by atoms with Crippen LogP contribution in [0, 0.1) is 12.8 Å². The first-order chi connectivity index (χ1) is 23.3. The summed E-state index contributed by atoms with van der Waals surface area (Å²) in [6, 6.07) is 12.9. The molecule has 0 radical (unpaired) electrons. The summed E-state index contributed by atoms with van der Waals surface area (Å²) in [5, 5.41) is 12.0. The van der Waals surface area contributed by atoms with Crippen LogP contribution in [0.3, 0.4) is 0 Å². The van der Waals surface area contributed by atoms with Gasteiger partial charge in [0.1, 0.15) is 0 Å². The molecule has 2 N–H and O–H groups in total. The molecule has 0 aliphatic carbocycles. The number of aromatic nitrogens is 2. The monoisotopic (exact) mass is 654 g/mol. The number of anilines is 1. The molecule has 3 aromatic rings. The van der Waals surface area contributed by atoms with Crippen LogP contribution in [0.2, 0.25) is 0 Å². The van der Waals surface area contributed by atoms with E-state index >= 15 is 0 Å². The van der Waals surface area contributed by atoms with E-state index in [-0.39, 0.29) is 30.3 Å². The van der Waals surface area contributed by atoms with Gasteiger partial charge in [0.2, 0.25) is 11.8 Å². The second-order valence-corrected chi connectivity index (χ2v) is 14.2. The smallest absolute Gasteiger partial charge is 0.322 e. The Balaban J connectivity index is 1.01. The predicted molar refractivity (Wildman–Crippen MR) is 187 cm³/mol. The summed E-state index contributed by atoms with van der Waals surface area (Å²) < 4.78 is 1.89. The number of fused-ring (bicyclic) bond motifs is 2. The highest BCUT2D eigenvalue weighted by atomic mass is 16.2. The summed E-state index contributed by atoms with van der Waals surface area (Å²) >= 11 is 0. The Kier molecular flexibility index (Phi) is 9.68. The Morgan fingerprint density at radius 1 is 0.917 bits per heavy atom. The molecule has 4 aliphatic rings. The number of piperazine rings is 1. The Morgan fingerprint density at radius 2 is 1.67 bits per heavy atom. The Hall–Kier alpha value is -3.96. The van der Waals surface area contributed by atoms with Crippen molar-refractivity contribution >= 4 is 34.4 Å². The Labute approximate surface area is 283 Å². The quantitative estimate of drug-likeness (QED) is 0.405. The first-order valence-electron chi connectivity index (χ1n) is 17.9. The van der Waals surface area contributed by atoms with E-state index in [9.17, 15) is 14.4 Å². The van der Waals surface area contributed by atoms with Crippen molar-refractivity contribution in [1.29, 1.82) is 0 Å². The van der Waals surface area contributed by atoms with E-state index in [1.807, 2.05) is 50.8 Å². The maximum absolute atomic E-state index is 14.2. The zero-order chi connectivity index (χ0) is 33.2. The fourth-order valence-corrected chi connectivity index (χ4v) is 8.52. The first kappa shape index (κ1) is 32.6. The predicted octanol–water partition coefficient (Wildman–Crippen LogP) is 3.41. The molecule has 1 aromatic heterocycles. The number of aryl methyl sites for hydroxylation is 2. The molecule has 4 aliphatic heterocycles. The molecule has 256 valence electrons. The van der Waals surface area contributed by atoms with Crippen LogP contribution in [0.15, 0.2) is 42.6 Å². The molecule has 0 saturated carbocycles. The van der Waals surface area contributed by atoms with Crippen molar-refractivity contribution in [1.82, 2.24) is 34.7 Å². The van der Waals surface area contributed by atoms with Crippen LogP contribution in [0.5, 0.6) is 0 Å². The van der Waals surface area contributed by atoms with Crippen LogP contribution >= 0.6 is 0 Å². The maximum atomic E-state index is 14.2. The SMILES string of the molecule is Cc1cc(CC(CC(=O)N2CCC(N3CCc4ccccc4NC3=O)CC2)C(=O)N2CCN(C3CCNCC3)CC2)cc2cnn(C)c12. The van der Waals surface area contributed by atoms with E-state index in [1.54, 1.807) is 0 Å². The molecule has 5 heterocycles. The molecular formula is C37H50N8O3. The second kappa shape index (κ2) is 14.3. The summed E-state index contributed by atoms with van der Waals surface area (Å²) in [6.07, 6.45) is 7.21. The highest BCUT2D eigenvalue weighted by molar-refractivity contribution is 5.91. The van der Waals surface area contributed by atoms with Gasteiger partial charge in [-0.2, -0.15) is 5.10 Å². The van der Waals surface area contributed by atoms with E-state index in [0.717, 1.165) is 91.6 Å². The van der Waals surface area contributed by atoms with Gasteiger partial charge in [-0.1, -0.05) is 24.3 Å². The molecule has 3 fully saturated rings. The van der Waals surface area contributed by atoms with E-state index in [2.05, 4.69) is 45.8 Å². The van der Waals surface area contributed by atoms with Crippen molar-refractivity contribution < 1.29 is 14.4 Å². The van der Waals surface area contributed by atoms with Crippen LogP contribution in [-0.2, 0) is 29.5 Å². The van der Waals surface area contributed by atoms with Crippen molar-refractivity contribution in [3.05, 3.63) is 59.3 Å². The molecule has 0 bridgehead atoms. The molecule has 3 saturated heterocycles. The molecule has 1 atom stereocenters. The van der Waals surface area contributed by atoms with Crippen molar-refractivity contribution in [3.63, 3.8) is 0 Å². The number of hydrogen-bond donors (Lipinski definition) is 2. The number of nitrogens with zero attached hydrogens (tertiary/aromatic N) is 6. The molecule has 2 aromatic carbocycles. The third kappa shape index (κ3) is 6.94. The van der Waals surface area contributed by atoms with E-state index in [0.29, 0.717) is 45.2 Å². The number of rotatable bonds is 7. The van der Waals surface area contributed by atoms with Crippen LogP contribution in [0.4, 0.5) is 10.5 Å². The topological polar surface area (TPSA) is 106 Å². The van der Waals surface area contributed by atoms with Crippen LogP contribution in [0.1, 0.15) is 48.8 Å². The number of carbonyl (C=O) groups is 3. The largest absolute Gasteiger partial charge is 0.343 e. The van der Waals surface area contributed by atoms with Gasteiger partial charge in [0.15, 0.2) is 0 Å². The fourth-order valence-electron chi connectivity index (χ4n) is 8.52. The number of piperidine rings is 2. The summed E-state index contributed by atoms with van der Waals surface area (Å²) in [4.78, 5) is 49.7. The number of carbonyl (C=O) groups excluding carboxylic acids is 3. The van der Waals surface area contributed by atoms with Crippen LogP contribution in [-0.4, -0.2) is 118 Å². The minimum absolute atomic E-state index is 0.0343. The maximum Gasteiger partial charge on any atom is 0.322 e. The standard InChI is InChI=1S/C37H50N8O3/c1-26-21-27(23-30-25-39-41(2)35(26)30)22-29(36(47)44-19-17-42(18-20-44)31-7-12-38-13-8-31)24-34(46)43-14-10-32(11-15-43)45-16-9-28-5-3-4-6-33(28)40-37(45)48/h3-6,21,23,25,29,31-32,38H,7-20,22,24H2,1-2H3,(H,40,48). The number of urea groups is 1. The summed E-state index contributed by atoms with van der Waals surface area (Å²) in [7, 11) is 1.95. The number of benzene rings is 2. The minimum Gasteiger partial charge on any atom is -0.343 e. The van der Waals surface area contributed by atoms with Gasteiger partial charge in [0, 0.05) is 82.4 Å². The van der Waals surface area contributed by atoms with Gasteiger partial charge < -0.3 is 25.3 Å². The van der Waals surface area contributed by atoms with Gasteiger partial charge in [-0.05, 0) is 87.4 Å². The lowest BCUT2D eigenvalue weighted by molar-refractivity contribution is -0.143. The number of para-hydroxylation sites is 1. The van der Waals surface area contributed by atoms with Crippen molar-refractivity contribution in [2.75, 3.05) is 64.2 Å². The third-order valence-electron chi connectivity index (χ3n) is 11.2. The summed E-state index contributed by atoms with van der Waals surface area (Å²) in [5.74, 6) is -0.302. The minimum atomic E-state index is -0.427. The highest BCUT2D eigenvalue weighted by Crippen LogP contribution is 2.28. The van der Waals surface area contributed by atoms with Crippen LogP contribution in [0.25, 0.3) is 10.9 Å². The average molecular weight is 655 g/mol. The molecule has 7 rings (SSSR count). The van der Waals surface area contributed by atoms with E-state index in [4.69, 9.17) is 0 Å². The molecule has 4 amide bonds. The van der Waals surface area contributed by atoms with Crippen molar-refractivity contribution in [3.8, 4) is 0 Å². The molecular weight excluding hydrogens is 604 g/mol. The number of likely N-dealkylation sites (tertiary alicyclic amines) is 1.